The Balaban J connectivity index is 0.000000500. The molecule has 5 N–H and O–H groups in total. The van der Waals surface area contributed by atoms with Crippen LogP contribution in [0.5, 0.6) is 0 Å². The lowest BCUT2D eigenvalue weighted by Gasteiger charge is -2.26. The number of aromatic nitrogens is 1. The lowest BCUT2D eigenvalue weighted by atomic mass is 9.83. The Kier molecular flexibility index (Phi) is 7.40. The van der Waals surface area contributed by atoms with Gasteiger partial charge in [0.1, 0.15) is 0 Å². The van der Waals surface area contributed by atoms with Crippen molar-refractivity contribution < 1.29 is 13.0 Å². The summed E-state index contributed by atoms with van der Waals surface area (Å²) in [6, 6.07) is 3.73. The van der Waals surface area contributed by atoms with Crippen LogP contribution in [-0.4, -0.2) is 35.9 Å². The van der Waals surface area contributed by atoms with Crippen molar-refractivity contribution in [2.45, 2.75) is 25.7 Å². The van der Waals surface area contributed by atoms with Crippen LogP contribution >= 0.6 is 34.5 Å². The van der Waals surface area contributed by atoms with Crippen molar-refractivity contribution in [2.75, 3.05) is 6.26 Å². The number of pyridine rings is 1. The summed E-state index contributed by atoms with van der Waals surface area (Å²) in [7, 11) is -3.67. The molecule has 8 nitrogen and oxygen atoms in total. The zero-order chi connectivity index (χ0) is 21.1. The summed E-state index contributed by atoms with van der Waals surface area (Å²) in [5.74, 6) is -0.0331. The first kappa shape index (κ1) is 22.6. The number of aryl methyl sites for hydroxylation is 1. The normalized spacial score (nSPS) is 17.5. The Bertz CT molecular complexity index is 1010. The van der Waals surface area contributed by atoms with Gasteiger partial charge in [0, 0.05) is 29.0 Å². The minimum absolute atomic E-state index is 0.161. The van der Waals surface area contributed by atoms with E-state index >= 15 is 0 Å². The maximum absolute atomic E-state index is 9.19. The van der Waals surface area contributed by atoms with Crippen molar-refractivity contribution in [1.82, 2.24) is 10.4 Å². The van der Waals surface area contributed by atoms with E-state index in [9.17, 15) is 8.42 Å². The summed E-state index contributed by atoms with van der Waals surface area (Å²) in [6.07, 6.45) is 3.99. The van der Waals surface area contributed by atoms with Crippen molar-refractivity contribution in [2.24, 2.45) is 10.8 Å². The average Bonchev–Trinajstić information content (AvgIpc) is 2.89. The number of hydrogen-bond acceptors (Lipinski definition) is 6. The molecule has 0 saturated carbocycles. The van der Waals surface area contributed by atoms with E-state index in [2.05, 4.69) is 15.5 Å². The van der Waals surface area contributed by atoms with Crippen LogP contribution in [0.25, 0.3) is 0 Å². The van der Waals surface area contributed by atoms with Gasteiger partial charge in [-0.3, -0.25) is 14.9 Å². The van der Waals surface area contributed by atoms with Crippen LogP contribution < -0.4 is 11.2 Å². The predicted molar refractivity (Wildman–Crippen MR) is 113 cm³/mol. The first-order valence-electron chi connectivity index (χ1n) is 7.94. The van der Waals surface area contributed by atoms with Gasteiger partial charge in [-0.05, 0) is 31.0 Å². The van der Waals surface area contributed by atoms with E-state index in [0.29, 0.717) is 22.0 Å². The molecule has 1 unspecified atom stereocenters. The maximum Gasteiger partial charge on any atom is 0.261 e. The van der Waals surface area contributed by atoms with Crippen LogP contribution in [0.1, 0.15) is 34.0 Å². The second-order valence-electron chi connectivity index (χ2n) is 6.13. The smallest absolute Gasteiger partial charge is 0.261 e. The monoisotopic (exact) mass is 463 g/mol. The standard InChI is InChI=1S/C15H15Cl2N5S.CH4O3S/c1-7-2-3-20-10-4-8(14-9(16)6-12(17)23-14)5-11(13(7)10)21-22-15(18)19;1-5(2,3)4/h2-3,6,8H,4-5H2,1H3,(H4,18,19,22);1H3,(H,2,3,4)/b21-11-;. The highest BCUT2D eigenvalue weighted by atomic mass is 35.5. The minimum atomic E-state index is -3.67. The van der Waals surface area contributed by atoms with Gasteiger partial charge in [0.2, 0.25) is 5.96 Å². The van der Waals surface area contributed by atoms with Crippen molar-refractivity contribution >= 4 is 56.3 Å². The van der Waals surface area contributed by atoms with Crippen LogP contribution in [0, 0.1) is 12.3 Å². The van der Waals surface area contributed by atoms with Crippen molar-refractivity contribution in [1.29, 1.82) is 5.41 Å². The van der Waals surface area contributed by atoms with E-state index in [1.54, 1.807) is 12.3 Å². The Morgan fingerprint density at radius 1 is 1.46 bits per heavy atom. The number of hydrazone groups is 1. The highest BCUT2D eigenvalue weighted by Gasteiger charge is 2.29. The van der Waals surface area contributed by atoms with Crippen LogP contribution in [0.4, 0.5) is 0 Å². The predicted octanol–water partition coefficient (Wildman–Crippen LogP) is 3.18. The second-order valence-corrected chi connectivity index (χ2v) is 9.72. The molecule has 12 heteroatoms. The molecule has 0 spiro atoms. The topological polar surface area (TPSA) is 142 Å². The number of rotatable bonds is 2. The largest absolute Gasteiger partial charge is 0.369 e. The van der Waals surface area contributed by atoms with Gasteiger partial charge in [0.25, 0.3) is 10.1 Å². The maximum atomic E-state index is 9.19. The number of nitrogens with zero attached hydrogens (tertiary/aromatic N) is 2. The van der Waals surface area contributed by atoms with Gasteiger partial charge < -0.3 is 5.73 Å². The molecule has 0 bridgehead atoms. The van der Waals surface area contributed by atoms with Gasteiger partial charge in [0.15, 0.2) is 0 Å². The third-order valence-electron chi connectivity index (χ3n) is 3.77. The summed E-state index contributed by atoms with van der Waals surface area (Å²) < 4.78 is 26.5. The van der Waals surface area contributed by atoms with Crippen molar-refractivity contribution in [3.8, 4) is 0 Å². The first-order valence-corrected chi connectivity index (χ1v) is 11.4. The zero-order valence-electron chi connectivity index (χ0n) is 15.0. The fourth-order valence-corrected chi connectivity index (χ4v) is 4.59. The molecule has 2 heterocycles. The number of guanidine groups is 1. The van der Waals surface area contributed by atoms with Crippen LogP contribution in [-0.2, 0) is 16.5 Å². The number of nitrogens with one attached hydrogen (secondary N) is 2. The minimum Gasteiger partial charge on any atom is -0.369 e. The zero-order valence-corrected chi connectivity index (χ0v) is 18.2. The second kappa shape index (κ2) is 9.19. The summed E-state index contributed by atoms with van der Waals surface area (Å²) >= 11 is 13.9. The molecular weight excluding hydrogens is 445 g/mol. The lowest BCUT2D eigenvalue weighted by molar-refractivity contribution is 0.490. The van der Waals surface area contributed by atoms with E-state index in [-0.39, 0.29) is 11.9 Å². The molecule has 28 heavy (non-hydrogen) atoms. The molecule has 0 aromatic carbocycles. The molecule has 0 saturated heterocycles. The van der Waals surface area contributed by atoms with E-state index in [1.165, 1.54) is 11.3 Å². The average molecular weight is 464 g/mol. The molecule has 1 atom stereocenters. The molecule has 0 fully saturated rings. The summed E-state index contributed by atoms with van der Waals surface area (Å²) in [5.41, 5.74) is 11.8. The van der Waals surface area contributed by atoms with Crippen molar-refractivity contribution in [3.05, 3.63) is 49.4 Å². The summed E-state index contributed by atoms with van der Waals surface area (Å²) in [5, 5.41) is 12.3. The summed E-state index contributed by atoms with van der Waals surface area (Å²) in [6.45, 7) is 2.03. The summed E-state index contributed by atoms with van der Waals surface area (Å²) in [4.78, 5) is 5.55. The van der Waals surface area contributed by atoms with Gasteiger partial charge >= 0.3 is 0 Å². The van der Waals surface area contributed by atoms with E-state index in [0.717, 1.165) is 33.8 Å². The van der Waals surface area contributed by atoms with Gasteiger partial charge in [-0.25, -0.2) is 5.43 Å². The molecule has 2 aromatic heterocycles. The Labute approximate surface area is 177 Å². The number of fused-ring (bicyclic) bond motifs is 1. The molecule has 0 radical (unpaired) electrons. The third-order valence-corrected chi connectivity index (χ3v) is 5.62. The molecule has 0 aliphatic heterocycles. The number of nitrogens with two attached hydrogens (primary N) is 1. The quantitative estimate of drug-likeness (QED) is 0.233. The van der Waals surface area contributed by atoms with Gasteiger partial charge in [-0.15, -0.1) is 11.3 Å². The Morgan fingerprint density at radius 3 is 2.64 bits per heavy atom. The fraction of sp³-hybridized carbons (Fsp3) is 0.312. The van der Waals surface area contributed by atoms with Crippen molar-refractivity contribution in [3.63, 3.8) is 0 Å². The number of thiophene rings is 1. The molecule has 1 aliphatic carbocycles. The van der Waals surface area contributed by atoms with E-state index in [1.807, 2.05) is 13.0 Å². The fourth-order valence-electron chi connectivity index (χ4n) is 2.85. The molecule has 2 aromatic rings. The van der Waals surface area contributed by atoms with Crippen LogP contribution in [0.15, 0.2) is 23.4 Å². The van der Waals surface area contributed by atoms with Gasteiger partial charge in [-0.2, -0.15) is 13.5 Å². The SMILES string of the molecule is CS(=O)(=O)O.Cc1ccnc2c1/C(=N\NC(=N)N)CC(c1sc(Cl)cc1Cl)C2. The van der Waals surface area contributed by atoms with E-state index < -0.39 is 10.1 Å². The molecular formula is C16H19Cl2N5O3S2. The molecule has 3 rings (SSSR count). The first-order chi connectivity index (χ1) is 13.0. The van der Waals surface area contributed by atoms with E-state index in [4.69, 9.17) is 38.9 Å². The molecule has 1 aliphatic rings. The third kappa shape index (κ3) is 6.42. The number of halogens is 2. The lowest BCUT2D eigenvalue weighted by Crippen LogP contribution is -2.29. The van der Waals surface area contributed by atoms with Crippen LogP contribution in [0.2, 0.25) is 9.36 Å². The highest BCUT2D eigenvalue weighted by Crippen LogP contribution is 2.42. The molecule has 152 valence electrons. The Morgan fingerprint density at radius 2 is 2.11 bits per heavy atom. The van der Waals surface area contributed by atoms with Gasteiger partial charge in [0.05, 0.1) is 27.0 Å². The Hall–Kier alpha value is -1.72. The number of hydrogen-bond donors (Lipinski definition) is 4. The molecule has 0 amide bonds. The highest BCUT2D eigenvalue weighted by molar-refractivity contribution is 7.85. The van der Waals surface area contributed by atoms with Gasteiger partial charge in [-0.1, -0.05) is 23.2 Å². The van der Waals surface area contributed by atoms with Crippen LogP contribution in [0.3, 0.4) is 0 Å².